The molecule has 0 aliphatic carbocycles. The van der Waals surface area contributed by atoms with Gasteiger partial charge in [0.2, 0.25) is 9.84 Å². The molecule has 0 aliphatic heterocycles. The third-order valence-electron chi connectivity index (χ3n) is 3.86. The maximum absolute atomic E-state index is 13.5. The average molecular weight is 386 g/mol. The van der Waals surface area contributed by atoms with Crippen molar-refractivity contribution in [3.05, 3.63) is 89.5 Å². The van der Waals surface area contributed by atoms with Gasteiger partial charge in [0.1, 0.15) is 11.6 Å². The Morgan fingerprint density at radius 2 is 1.48 bits per heavy atom. The van der Waals surface area contributed by atoms with Gasteiger partial charge in [-0.25, -0.2) is 17.2 Å². The van der Waals surface area contributed by atoms with Crippen molar-refractivity contribution in [2.24, 2.45) is 5.10 Å². The predicted octanol–water partition coefficient (Wildman–Crippen LogP) is 4.55. The first kappa shape index (κ1) is 18.7. The minimum Gasteiger partial charge on any atom is -0.279 e. The predicted molar refractivity (Wildman–Crippen MR) is 101 cm³/mol. The van der Waals surface area contributed by atoms with Crippen LogP contribution in [0.15, 0.2) is 81.6 Å². The highest BCUT2D eigenvalue weighted by Crippen LogP contribution is 2.22. The summed E-state index contributed by atoms with van der Waals surface area (Å²) in [4.78, 5) is 0.379. The van der Waals surface area contributed by atoms with Crippen molar-refractivity contribution >= 4 is 21.7 Å². The lowest BCUT2D eigenvalue weighted by Crippen LogP contribution is -2.02. The van der Waals surface area contributed by atoms with Crippen molar-refractivity contribution in [3.63, 3.8) is 0 Å². The van der Waals surface area contributed by atoms with Gasteiger partial charge in [-0.1, -0.05) is 17.7 Å². The molecule has 0 spiro atoms. The lowest BCUT2D eigenvalue weighted by atomic mass is 10.2. The second kappa shape index (κ2) is 7.67. The van der Waals surface area contributed by atoms with E-state index in [0.29, 0.717) is 5.69 Å². The van der Waals surface area contributed by atoms with Gasteiger partial charge in [-0.05, 0) is 55.5 Å². The quantitative estimate of drug-likeness (QED) is 0.517. The Morgan fingerprint density at radius 1 is 0.889 bits per heavy atom. The number of hydrazone groups is 1. The lowest BCUT2D eigenvalue weighted by Gasteiger charge is -2.06. The number of sulfone groups is 1. The van der Waals surface area contributed by atoms with E-state index < -0.39 is 21.5 Å². The zero-order valence-electron chi connectivity index (χ0n) is 14.4. The first-order valence-corrected chi connectivity index (χ1v) is 9.50. The molecular formula is C20H16F2N2O2S. The van der Waals surface area contributed by atoms with Gasteiger partial charge in [0, 0.05) is 11.6 Å². The highest BCUT2D eigenvalue weighted by atomic mass is 32.2. The van der Waals surface area contributed by atoms with Gasteiger partial charge in [-0.15, -0.1) is 0 Å². The number of hydrogen-bond acceptors (Lipinski definition) is 4. The van der Waals surface area contributed by atoms with Crippen LogP contribution < -0.4 is 5.43 Å². The van der Waals surface area contributed by atoms with Gasteiger partial charge in [-0.2, -0.15) is 5.10 Å². The van der Waals surface area contributed by atoms with E-state index in [-0.39, 0.29) is 15.4 Å². The smallest absolute Gasteiger partial charge is 0.206 e. The molecule has 0 aromatic heterocycles. The Kier molecular flexibility index (Phi) is 5.32. The zero-order chi connectivity index (χ0) is 19.4. The van der Waals surface area contributed by atoms with Crippen LogP contribution in [0, 0.1) is 18.6 Å². The molecule has 138 valence electrons. The van der Waals surface area contributed by atoms with Crippen LogP contribution in [0.5, 0.6) is 0 Å². The van der Waals surface area contributed by atoms with Gasteiger partial charge in [0.25, 0.3) is 0 Å². The van der Waals surface area contributed by atoms with Crippen LogP contribution in [0.25, 0.3) is 0 Å². The number of aryl methyl sites for hydroxylation is 1. The third-order valence-corrected chi connectivity index (χ3v) is 5.64. The van der Waals surface area contributed by atoms with E-state index in [1.54, 1.807) is 36.4 Å². The Labute approximate surface area is 156 Å². The van der Waals surface area contributed by atoms with Gasteiger partial charge >= 0.3 is 0 Å². The van der Waals surface area contributed by atoms with Crippen LogP contribution in [-0.2, 0) is 9.84 Å². The fourth-order valence-electron chi connectivity index (χ4n) is 2.34. The third kappa shape index (κ3) is 4.38. The maximum atomic E-state index is 13.5. The van der Waals surface area contributed by atoms with Crippen molar-refractivity contribution in [1.82, 2.24) is 0 Å². The first-order chi connectivity index (χ1) is 12.9. The summed E-state index contributed by atoms with van der Waals surface area (Å²) in [6.07, 6.45) is 1.21. The van der Waals surface area contributed by atoms with Crippen molar-refractivity contribution < 1.29 is 17.2 Å². The molecule has 3 aromatic rings. The summed E-state index contributed by atoms with van der Waals surface area (Å²) in [6, 6.07) is 15.8. The van der Waals surface area contributed by atoms with Crippen LogP contribution in [-0.4, -0.2) is 14.6 Å². The SMILES string of the molecule is Cc1ccc(S(=O)(=O)c2ccc(N/N=C\c3ccc(F)cc3F)cc2)cc1. The molecule has 0 aliphatic rings. The number of halogens is 2. The van der Waals surface area contributed by atoms with E-state index in [2.05, 4.69) is 10.5 Å². The van der Waals surface area contributed by atoms with Crippen molar-refractivity contribution in [1.29, 1.82) is 0 Å². The van der Waals surface area contributed by atoms with E-state index in [1.165, 1.54) is 24.4 Å². The van der Waals surface area contributed by atoms with Gasteiger partial charge in [0.15, 0.2) is 0 Å². The molecule has 0 radical (unpaired) electrons. The molecule has 0 amide bonds. The molecule has 27 heavy (non-hydrogen) atoms. The molecule has 0 saturated heterocycles. The number of nitrogens with zero attached hydrogens (tertiary/aromatic N) is 1. The minimum atomic E-state index is -3.60. The fraction of sp³-hybridized carbons (Fsp3) is 0.0500. The Hall–Kier alpha value is -3.06. The number of rotatable bonds is 5. The Bertz CT molecular complexity index is 1080. The second-order valence-electron chi connectivity index (χ2n) is 5.88. The molecule has 0 saturated carbocycles. The van der Waals surface area contributed by atoms with E-state index in [1.807, 2.05) is 6.92 Å². The molecule has 0 fully saturated rings. The zero-order valence-corrected chi connectivity index (χ0v) is 15.2. The average Bonchev–Trinajstić information content (AvgIpc) is 2.64. The Balaban J connectivity index is 1.73. The van der Waals surface area contributed by atoms with Gasteiger partial charge in [-0.3, -0.25) is 5.43 Å². The fourth-order valence-corrected chi connectivity index (χ4v) is 3.61. The van der Waals surface area contributed by atoms with Gasteiger partial charge < -0.3 is 0 Å². The number of anilines is 1. The standard InChI is InChI=1S/C20H16F2N2O2S/c1-14-2-8-18(9-3-14)27(25,26)19-10-6-17(7-11-19)24-23-13-15-4-5-16(21)12-20(15)22/h2-13,24H,1H3/b23-13-. The number of hydrogen-bond donors (Lipinski definition) is 1. The van der Waals surface area contributed by atoms with Crippen molar-refractivity contribution in [3.8, 4) is 0 Å². The van der Waals surface area contributed by atoms with E-state index >= 15 is 0 Å². The molecule has 3 aromatic carbocycles. The normalized spacial score (nSPS) is 11.7. The molecule has 0 bridgehead atoms. The summed E-state index contributed by atoms with van der Waals surface area (Å²) in [5.74, 6) is -1.39. The number of benzene rings is 3. The van der Waals surface area contributed by atoms with Crippen LogP contribution in [0.1, 0.15) is 11.1 Å². The molecule has 1 N–H and O–H groups in total. The van der Waals surface area contributed by atoms with Crippen LogP contribution in [0.4, 0.5) is 14.5 Å². The highest BCUT2D eigenvalue weighted by molar-refractivity contribution is 7.91. The molecule has 0 heterocycles. The molecule has 4 nitrogen and oxygen atoms in total. The van der Waals surface area contributed by atoms with Gasteiger partial charge in [0.05, 0.1) is 21.7 Å². The topological polar surface area (TPSA) is 58.5 Å². The summed E-state index contributed by atoms with van der Waals surface area (Å²) < 4.78 is 51.6. The van der Waals surface area contributed by atoms with Crippen molar-refractivity contribution in [2.45, 2.75) is 16.7 Å². The first-order valence-electron chi connectivity index (χ1n) is 8.02. The second-order valence-corrected chi connectivity index (χ2v) is 7.83. The van der Waals surface area contributed by atoms with Crippen LogP contribution >= 0.6 is 0 Å². The summed E-state index contributed by atoms with van der Waals surface area (Å²) >= 11 is 0. The summed E-state index contributed by atoms with van der Waals surface area (Å²) in [5.41, 5.74) is 4.30. The Morgan fingerprint density at radius 3 is 2.07 bits per heavy atom. The van der Waals surface area contributed by atoms with E-state index in [4.69, 9.17) is 0 Å². The molecular weight excluding hydrogens is 370 g/mol. The van der Waals surface area contributed by atoms with Crippen molar-refractivity contribution in [2.75, 3.05) is 5.43 Å². The number of nitrogens with one attached hydrogen (secondary N) is 1. The van der Waals surface area contributed by atoms with E-state index in [0.717, 1.165) is 17.7 Å². The molecule has 3 rings (SSSR count). The molecule has 0 unspecified atom stereocenters. The minimum absolute atomic E-state index is 0.127. The molecule has 7 heteroatoms. The largest absolute Gasteiger partial charge is 0.279 e. The lowest BCUT2D eigenvalue weighted by molar-refractivity contribution is 0.582. The highest BCUT2D eigenvalue weighted by Gasteiger charge is 2.17. The monoisotopic (exact) mass is 386 g/mol. The summed E-state index contributed by atoms with van der Waals surface area (Å²) in [7, 11) is -3.60. The molecule has 0 atom stereocenters. The van der Waals surface area contributed by atoms with Crippen LogP contribution in [0.3, 0.4) is 0 Å². The van der Waals surface area contributed by atoms with Crippen LogP contribution in [0.2, 0.25) is 0 Å². The summed E-state index contributed by atoms with van der Waals surface area (Å²) in [5, 5.41) is 3.88. The maximum Gasteiger partial charge on any atom is 0.206 e. The summed E-state index contributed by atoms with van der Waals surface area (Å²) in [6.45, 7) is 1.88. The van der Waals surface area contributed by atoms with E-state index in [9.17, 15) is 17.2 Å².